The Kier molecular flexibility index (Phi) is 4.80. The van der Waals surface area contributed by atoms with Gasteiger partial charge in [-0.25, -0.2) is 4.98 Å². The lowest BCUT2D eigenvalue weighted by atomic mass is 10.1. The highest BCUT2D eigenvalue weighted by molar-refractivity contribution is 6.06. The predicted octanol–water partition coefficient (Wildman–Crippen LogP) is 2.41. The van der Waals surface area contributed by atoms with Crippen LogP contribution in [0.2, 0.25) is 0 Å². The lowest BCUT2D eigenvalue weighted by Crippen LogP contribution is -2.38. The fourth-order valence-electron chi connectivity index (χ4n) is 4.32. The van der Waals surface area contributed by atoms with Gasteiger partial charge in [-0.2, -0.15) is 4.98 Å². The Morgan fingerprint density at radius 2 is 1.97 bits per heavy atom. The van der Waals surface area contributed by atoms with Gasteiger partial charge in [-0.05, 0) is 45.2 Å². The van der Waals surface area contributed by atoms with E-state index in [0.717, 1.165) is 48.8 Å². The van der Waals surface area contributed by atoms with E-state index in [1.54, 1.807) is 6.92 Å². The molecule has 1 saturated heterocycles. The standard InChI is InChI=1S/C22H24N6O3/c1-14-6-7-17-16(10-14)20-21(28(17)12-19(29)26-8-4-3-5-9-26)22(30)27(13-23-20)11-18-24-15(2)25-31-18/h6-7,10,13H,3-5,8-9,11-12H2,1-2H3. The minimum Gasteiger partial charge on any atom is -0.341 e. The lowest BCUT2D eigenvalue weighted by molar-refractivity contribution is -0.132. The lowest BCUT2D eigenvalue weighted by Gasteiger charge is -2.27. The number of rotatable bonds is 4. The summed E-state index contributed by atoms with van der Waals surface area (Å²) in [6, 6.07) is 5.96. The van der Waals surface area contributed by atoms with Gasteiger partial charge >= 0.3 is 0 Å². The van der Waals surface area contributed by atoms with Gasteiger partial charge in [-0.1, -0.05) is 16.8 Å². The maximum Gasteiger partial charge on any atom is 0.278 e. The number of benzene rings is 1. The zero-order valence-electron chi connectivity index (χ0n) is 17.7. The first-order chi connectivity index (χ1) is 15.0. The first kappa shape index (κ1) is 19.5. The number of piperidine rings is 1. The van der Waals surface area contributed by atoms with Crippen molar-refractivity contribution in [1.29, 1.82) is 0 Å². The zero-order valence-corrected chi connectivity index (χ0v) is 17.7. The second kappa shape index (κ2) is 7.64. The molecule has 0 unspecified atom stereocenters. The Labute approximate surface area is 178 Å². The van der Waals surface area contributed by atoms with Gasteiger partial charge in [0.1, 0.15) is 24.1 Å². The molecule has 5 rings (SSSR count). The summed E-state index contributed by atoms with van der Waals surface area (Å²) in [5, 5.41) is 4.66. The Bertz CT molecular complexity index is 1340. The van der Waals surface area contributed by atoms with Crippen LogP contribution in [0.5, 0.6) is 0 Å². The Hall–Kier alpha value is -3.49. The van der Waals surface area contributed by atoms with Gasteiger partial charge in [-0.3, -0.25) is 14.2 Å². The molecule has 9 nitrogen and oxygen atoms in total. The van der Waals surface area contributed by atoms with Crippen molar-refractivity contribution in [1.82, 2.24) is 29.2 Å². The van der Waals surface area contributed by atoms with Gasteiger partial charge in [0.2, 0.25) is 11.8 Å². The number of fused-ring (bicyclic) bond motifs is 3. The van der Waals surface area contributed by atoms with E-state index in [0.29, 0.717) is 22.7 Å². The van der Waals surface area contributed by atoms with E-state index in [2.05, 4.69) is 15.1 Å². The summed E-state index contributed by atoms with van der Waals surface area (Å²) in [7, 11) is 0. The second-order valence-electron chi connectivity index (χ2n) is 8.16. The molecular formula is C22H24N6O3. The zero-order chi connectivity index (χ0) is 21.5. The quantitative estimate of drug-likeness (QED) is 0.503. The van der Waals surface area contributed by atoms with E-state index in [4.69, 9.17) is 4.52 Å². The van der Waals surface area contributed by atoms with Gasteiger partial charge in [0.15, 0.2) is 5.82 Å². The monoisotopic (exact) mass is 420 g/mol. The molecular weight excluding hydrogens is 396 g/mol. The third-order valence-electron chi connectivity index (χ3n) is 5.86. The number of hydrogen-bond acceptors (Lipinski definition) is 6. The molecule has 1 aliphatic heterocycles. The largest absolute Gasteiger partial charge is 0.341 e. The van der Waals surface area contributed by atoms with Crippen molar-refractivity contribution in [2.45, 2.75) is 46.2 Å². The van der Waals surface area contributed by atoms with Gasteiger partial charge < -0.3 is 14.0 Å². The van der Waals surface area contributed by atoms with Gasteiger partial charge in [0, 0.05) is 18.5 Å². The molecule has 0 bridgehead atoms. The number of amides is 1. The van der Waals surface area contributed by atoms with Crippen LogP contribution in [0.4, 0.5) is 0 Å². The summed E-state index contributed by atoms with van der Waals surface area (Å²) in [6.45, 7) is 5.51. The number of aromatic nitrogens is 5. The van der Waals surface area contributed by atoms with Gasteiger partial charge in [0.05, 0.1) is 11.8 Å². The maximum absolute atomic E-state index is 13.5. The first-order valence-electron chi connectivity index (χ1n) is 10.6. The van der Waals surface area contributed by atoms with Crippen LogP contribution >= 0.6 is 0 Å². The minimum absolute atomic E-state index is 0.0291. The van der Waals surface area contributed by atoms with E-state index < -0.39 is 0 Å². The van der Waals surface area contributed by atoms with Gasteiger partial charge in [-0.15, -0.1) is 0 Å². The van der Waals surface area contributed by atoms with E-state index in [1.807, 2.05) is 34.6 Å². The van der Waals surface area contributed by atoms with Crippen molar-refractivity contribution >= 4 is 27.8 Å². The summed E-state index contributed by atoms with van der Waals surface area (Å²) in [5.41, 5.74) is 2.70. The molecule has 9 heteroatoms. The number of aryl methyl sites for hydroxylation is 2. The summed E-state index contributed by atoms with van der Waals surface area (Å²) < 4.78 is 8.43. The van der Waals surface area contributed by atoms with Crippen LogP contribution in [0.15, 0.2) is 33.8 Å². The molecule has 0 saturated carbocycles. The normalized spacial score (nSPS) is 14.6. The number of carbonyl (C=O) groups is 1. The SMILES string of the molecule is Cc1ccc2c(c1)c1ncn(Cc3nc(C)no3)c(=O)c1n2CC(=O)N1CCCCC1. The highest BCUT2D eigenvalue weighted by Gasteiger charge is 2.22. The first-order valence-corrected chi connectivity index (χ1v) is 10.6. The molecule has 0 spiro atoms. The molecule has 31 heavy (non-hydrogen) atoms. The van der Waals surface area contributed by atoms with Crippen LogP contribution in [0.25, 0.3) is 21.9 Å². The summed E-state index contributed by atoms with van der Waals surface area (Å²) in [4.78, 5) is 37.2. The van der Waals surface area contributed by atoms with Crippen molar-refractivity contribution < 1.29 is 9.32 Å². The summed E-state index contributed by atoms with van der Waals surface area (Å²) >= 11 is 0. The molecule has 1 aromatic carbocycles. The Morgan fingerprint density at radius 1 is 1.16 bits per heavy atom. The van der Waals surface area contributed by atoms with Crippen LogP contribution in [-0.2, 0) is 17.9 Å². The number of likely N-dealkylation sites (tertiary alicyclic amines) is 1. The van der Waals surface area contributed by atoms with Crippen molar-refractivity contribution in [3.8, 4) is 0 Å². The fourth-order valence-corrected chi connectivity index (χ4v) is 4.32. The highest BCUT2D eigenvalue weighted by atomic mass is 16.5. The third-order valence-corrected chi connectivity index (χ3v) is 5.86. The molecule has 0 atom stereocenters. The molecule has 1 aliphatic rings. The molecule has 1 amide bonds. The van der Waals surface area contributed by atoms with Crippen molar-refractivity contribution in [3.05, 3.63) is 52.2 Å². The van der Waals surface area contributed by atoms with Crippen molar-refractivity contribution in [3.63, 3.8) is 0 Å². The minimum atomic E-state index is -0.235. The molecule has 1 fully saturated rings. The molecule has 0 N–H and O–H groups in total. The molecule has 0 radical (unpaired) electrons. The molecule has 4 heterocycles. The highest BCUT2D eigenvalue weighted by Crippen LogP contribution is 2.27. The number of nitrogens with zero attached hydrogens (tertiary/aromatic N) is 6. The fraction of sp³-hybridized carbons (Fsp3) is 0.409. The van der Waals surface area contributed by atoms with E-state index >= 15 is 0 Å². The molecule has 4 aromatic rings. The average Bonchev–Trinajstić information content (AvgIpc) is 3.31. The van der Waals surface area contributed by atoms with Crippen LogP contribution in [0.3, 0.4) is 0 Å². The molecule has 3 aromatic heterocycles. The van der Waals surface area contributed by atoms with Gasteiger partial charge in [0.25, 0.3) is 5.56 Å². The summed E-state index contributed by atoms with van der Waals surface area (Å²) in [6.07, 6.45) is 4.71. The maximum atomic E-state index is 13.5. The van der Waals surface area contributed by atoms with Crippen molar-refractivity contribution in [2.75, 3.05) is 13.1 Å². The van der Waals surface area contributed by atoms with Crippen LogP contribution in [0.1, 0.15) is 36.5 Å². The average molecular weight is 420 g/mol. The Balaban J connectivity index is 1.64. The van der Waals surface area contributed by atoms with Crippen molar-refractivity contribution in [2.24, 2.45) is 0 Å². The summed E-state index contributed by atoms with van der Waals surface area (Å²) in [5.74, 6) is 0.874. The van der Waals surface area contributed by atoms with E-state index in [9.17, 15) is 9.59 Å². The topological polar surface area (TPSA) is 99.0 Å². The second-order valence-corrected chi connectivity index (χ2v) is 8.16. The molecule has 160 valence electrons. The number of hydrogen-bond donors (Lipinski definition) is 0. The smallest absolute Gasteiger partial charge is 0.278 e. The molecule has 0 aliphatic carbocycles. The van der Waals surface area contributed by atoms with Crippen LogP contribution in [-0.4, -0.2) is 48.2 Å². The van der Waals surface area contributed by atoms with E-state index in [1.165, 1.54) is 10.9 Å². The van der Waals surface area contributed by atoms with Crippen LogP contribution in [0, 0.1) is 13.8 Å². The number of carbonyl (C=O) groups excluding carboxylic acids is 1. The third kappa shape index (κ3) is 3.49. The predicted molar refractivity (Wildman–Crippen MR) is 115 cm³/mol. The van der Waals surface area contributed by atoms with E-state index in [-0.39, 0.29) is 24.6 Å². The van der Waals surface area contributed by atoms with Crippen LogP contribution < -0.4 is 5.56 Å². The Morgan fingerprint density at radius 3 is 2.71 bits per heavy atom.